The van der Waals surface area contributed by atoms with Crippen molar-refractivity contribution in [1.82, 2.24) is 19.4 Å². The summed E-state index contributed by atoms with van der Waals surface area (Å²) in [5.74, 6) is 7.26. The Bertz CT molecular complexity index is 1140. The number of nitrogens with zero attached hydrogens (tertiary/aromatic N) is 4. The lowest BCUT2D eigenvalue weighted by molar-refractivity contribution is 0.629. The molecule has 0 aliphatic carbocycles. The molecule has 27 heavy (non-hydrogen) atoms. The van der Waals surface area contributed by atoms with Gasteiger partial charge in [0, 0.05) is 24.1 Å². The lowest BCUT2D eigenvalue weighted by atomic mass is 10.1. The highest BCUT2D eigenvalue weighted by atomic mass is 32.1. The van der Waals surface area contributed by atoms with E-state index in [1.54, 1.807) is 29.9 Å². The lowest BCUT2D eigenvalue weighted by Crippen LogP contribution is -2.27. The first kappa shape index (κ1) is 17.3. The van der Waals surface area contributed by atoms with Crippen LogP contribution in [0.4, 0.5) is 5.82 Å². The molecule has 0 atom stereocenters. The van der Waals surface area contributed by atoms with E-state index in [1.165, 1.54) is 0 Å². The molecule has 0 saturated carbocycles. The molecular formula is C21H19N5S. The van der Waals surface area contributed by atoms with Crippen molar-refractivity contribution in [3.63, 3.8) is 0 Å². The Morgan fingerprint density at radius 2 is 1.96 bits per heavy atom. The van der Waals surface area contributed by atoms with Gasteiger partial charge >= 0.3 is 0 Å². The van der Waals surface area contributed by atoms with Crippen molar-refractivity contribution >= 4 is 22.8 Å². The minimum Gasteiger partial charge on any atom is -0.365 e. The van der Waals surface area contributed by atoms with Gasteiger partial charge in [0.1, 0.15) is 17.2 Å². The molecule has 4 heterocycles. The third kappa shape index (κ3) is 3.83. The van der Waals surface area contributed by atoms with Crippen molar-refractivity contribution in [3.8, 4) is 22.4 Å². The lowest BCUT2D eigenvalue weighted by Gasteiger charge is -2.22. The standard InChI is InChI=1S/C21H19N5S/c1-21(2,3)25-20-19(24-18-14-22-12-13-26(18)20)17-10-9-16(27-17)8-7-15-6-4-5-11-23-15/h4-6,9-14,25H,1-3H3. The number of hydrogen-bond acceptors (Lipinski definition) is 5. The number of thiophene rings is 1. The molecule has 0 fully saturated rings. The van der Waals surface area contributed by atoms with Crippen molar-refractivity contribution < 1.29 is 0 Å². The molecule has 134 valence electrons. The van der Waals surface area contributed by atoms with Gasteiger partial charge in [-0.05, 0) is 56.9 Å². The molecule has 6 heteroatoms. The summed E-state index contributed by atoms with van der Waals surface area (Å²) in [6, 6.07) is 9.82. The van der Waals surface area contributed by atoms with Crippen LogP contribution < -0.4 is 5.32 Å². The van der Waals surface area contributed by atoms with Crippen LogP contribution in [0.2, 0.25) is 0 Å². The summed E-state index contributed by atoms with van der Waals surface area (Å²) in [5.41, 5.74) is 2.40. The number of nitrogens with one attached hydrogen (secondary N) is 1. The summed E-state index contributed by atoms with van der Waals surface area (Å²) >= 11 is 1.62. The number of imidazole rings is 1. The monoisotopic (exact) mass is 373 g/mol. The highest BCUT2D eigenvalue weighted by Gasteiger charge is 2.20. The highest BCUT2D eigenvalue weighted by molar-refractivity contribution is 7.16. The first-order chi connectivity index (χ1) is 13.0. The first-order valence-corrected chi connectivity index (χ1v) is 9.45. The molecule has 0 bridgehead atoms. The van der Waals surface area contributed by atoms with Crippen LogP contribution >= 0.6 is 11.3 Å². The van der Waals surface area contributed by atoms with Crippen molar-refractivity contribution in [2.24, 2.45) is 0 Å². The molecule has 0 saturated heterocycles. The van der Waals surface area contributed by atoms with E-state index in [9.17, 15) is 0 Å². The Kier molecular flexibility index (Phi) is 4.38. The maximum Gasteiger partial charge on any atom is 0.157 e. The molecule has 0 aromatic carbocycles. The second-order valence-electron chi connectivity index (χ2n) is 7.12. The van der Waals surface area contributed by atoms with Crippen LogP contribution in [0.15, 0.2) is 55.1 Å². The van der Waals surface area contributed by atoms with E-state index >= 15 is 0 Å². The van der Waals surface area contributed by atoms with Gasteiger partial charge in [0.2, 0.25) is 0 Å². The molecule has 0 amide bonds. The van der Waals surface area contributed by atoms with Crippen molar-refractivity contribution in [2.45, 2.75) is 26.3 Å². The van der Waals surface area contributed by atoms with Gasteiger partial charge < -0.3 is 5.32 Å². The van der Waals surface area contributed by atoms with E-state index in [4.69, 9.17) is 4.98 Å². The minimum absolute atomic E-state index is 0.0904. The van der Waals surface area contributed by atoms with E-state index in [0.29, 0.717) is 0 Å². The molecular weight excluding hydrogens is 354 g/mol. The zero-order valence-electron chi connectivity index (χ0n) is 15.4. The molecule has 0 radical (unpaired) electrons. The van der Waals surface area contributed by atoms with Crippen molar-refractivity contribution in [3.05, 3.63) is 65.7 Å². The Balaban J connectivity index is 1.74. The average Bonchev–Trinajstić information content (AvgIpc) is 3.25. The van der Waals surface area contributed by atoms with Crippen LogP contribution in [0.1, 0.15) is 31.3 Å². The van der Waals surface area contributed by atoms with Gasteiger partial charge in [-0.3, -0.25) is 9.38 Å². The number of rotatable bonds is 2. The van der Waals surface area contributed by atoms with Gasteiger partial charge in [0.05, 0.1) is 16.0 Å². The molecule has 0 aliphatic rings. The molecule has 0 unspecified atom stereocenters. The fraction of sp³-hybridized carbons (Fsp3) is 0.190. The molecule has 0 aliphatic heterocycles. The Labute approximate surface area is 162 Å². The summed E-state index contributed by atoms with van der Waals surface area (Å²) in [6.45, 7) is 6.40. The van der Waals surface area contributed by atoms with Gasteiger partial charge in [-0.15, -0.1) is 11.3 Å². The Morgan fingerprint density at radius 3 is 2.74 bits per heavy atom. The van der Waals surface area contributed by atoms with Gasteiger partial charge in [-0.2, -0.15) is 0 Å². The molecule has 4 aromatic heterocycles. The fourth-order valence-corrected chi connectivity index (χ4v) is 3.50. The molecule has 5 nitrogen and oxygen atoms in total. The van der Waals surface area contributed by atoms with Crippen molar-refractivity contribution in [1.29, 1.82) is 0 Å². The third-order valence-electron chi connectivity index (χ3n) is 3.74. The molecule has 0 spiro atoms. The normalized spacial score (nSPS) is 11.2. The average molecular weight is 373 g/mol. The maximum atomic E-state index is 4.79. The largest absolute Gasteiger partial charge is 0.365 e. The Morgan fingerprint density at radius 1 is 1.07 bits per heavy atom. The van der Waals surface area contributed by atoms with Crippen LogP contribution in [0.5, 0.6) is 0 Å². The SMILES string of the molecule is CC(C)(C)Nc1c(-c2ccc(C#Cc3ccccn3)s2)nc2cnccn12. The summed E-state index contributed by atoms with van der Waals surface area (Å²) in [6.07, 6.45) is 7.21. The van der Waals surface area contributed by atoms with Crippen LogP contribution in [0.25, 0.3) is 16.2 Å². The number of fused-ring (bicyclic) bond motifs is 1. The van der Waals surface area contributed by atoms with Crippen molar-refractivity contribution in [2.75, 3.05) is 5.32 Å². The number of aromatic nitrogens is 4. The third-order valence-corrected chi connectivity index (χ3v) is 4.75. The van der Waals surface area contributed by atoms with Crippen LogP contribution in [-0.4, -0.2) is 24.9 Å². The number of pyridine rings is 1. The molecule has 4 rings (SSSR count). The number of anilines is 1. The Hall–Kier alpha value is -3.17. The highest BCUT2D eigenvalue weighted by Crippen LogP contribution is 2.34. The summed E-state index contributed by atoms with van der Waals surface area (Å²) in [4.78, 5) is 15.3. The smallest absolute Gasteiger partial charge is 0.157 e. The van der Waals surface area contributed by atoms with Crippen LogP contribution in [0, 0.1) is 11.8 Å². The van der Waals surface area contributed by atoms with Gasteiger partial charge in [-0.1, -0.05) is 6.07 Å². The van der Waals surface area contributed by atoms with E-state index in [-0.39, 0.29) is 5.54 Å². The maximum absolute atomic E-state index is 4.79. The quantitative estimate of drug-likeness (QED) is 0.527. The summed E-state index contributed by atoms with van der Waals surface area (Å²) in [5, 5.41) is 3.57. The number of hydrogen-bond donors (Lipinski definition) is 1. The van der Waals surface area contributed by atoms with E-state index in [1.807, 2.05) is 34.9 Å². The fourth-order valence-electron chi connectivity index (χ4n) is 2.65. The summed E-state index contributed by atoms with van der Waals surface area (Å²) in [7, 11) is 0. The second-order valence-corrected chi connectivity index (χ2v) is 8.20. The zero-order chi connectivity index (χ0) is 18.9. The summed E-state index contributed by atoms with van der Waals surface area (Å²) < 4.78 is 2.03. The van der Waals surface area contributed by atoms with Crippen LogP contribution in [-0.2, 0) is 0 Å². The van der Waals surface area contributed by atoms with Gasteiger partial charge in [0.15, 0.2) is 5.65 Å². The predicted molar refractivity (Wildman–Crippen MR) is 110 cm³/mol. The van der Waals surface area contributed by atoms with E-state index in [0.717, 1.165) is 32.6 Å². The second kappa shape index (κ2) is 6.86. The van der Waals surface area contributed by atoms with E-state index < -0.39 is 0 Å². The topological polar surface area (TPSA) is 55.1 Å². The molecule has 4 aromatic rings. The molecule has 1 N–H and O–H groups in total. The minimum atomic E-state index is -0.0904. The van der Waals surface area contributed by atoms with Crippen LogP contribution in [0.3, 0.4) is 0 Å². The zero-order valence-corrected chi connectivity index (χ0v) is 16.2. The van der Waals surface area contributed by atoms with E-state index in [2.05, 4.69) is 54.0 Å². The van der Waals surface area contributed by atoms with Gasteiger partial charge in [-0.25, -0.2) is 9.97 Å². The van der Waals surface area contributed by atoms with Gasteiger partial charge in [0.25, 0.3) is 0 Å². The first-order valence-electron chi connectivity index (χ1n) is 8.63. The predicted octanol–water partition coefficient (Wildman–Crippen LogP) is 4.46.